The summed E-state index contributed by atoms with van der Waals surface area (Å²) in [4.78, 5) is 24.1. The summed E-state index contributed by atoms with van der Waals surface area (Å²) in [6.45, 7) is 0. The fourth-order valence-electron chi connectivity index (χ4n) is 1.23. The second-order valence-electron chi connectivity index (χ2n) is 3.24. The maximum atomic E-state index is 12.0. The van der Waals surface area contributed by atoms with Gasteiger partial charge in [0.05, 0.1) is 4.47 Å². The number of hydrogen-bond acceptors (Lipinski definition) is 5. The largest absolute Gasteiger partial charge is 0.321 e. The summed E-state index contributed by atoms with van der Waals surface area (Å²) in [7, 11) is 0. The van der Waals surface area contributed by atoms with Crippen LogP contribution in [0.4, 0.5) is 5.69 Å². The predicted octanol–water partition coefficient (Wildman–Crippen LogP) is 2.61. The molecule has 7 heteroatoms. The van der Waals surface area contributed by atoms with Crippen LogP contribution in [0, 0.1) is 0 Å². The monoisotopic (exact) mass is 324 g/mol. The van der Waals surface area contributed by atoms with Crippen molar-refractivity contribution < 1.29 is 4.79 Å². The topological polar surface area (TPSA) is 67.8 Å². The Bertz CT molecular complexity index is 564. The molecule has 2 aromatic rings. The summed E-state index contributed by atoms with van der Waals surface area (Å²) >= 11 is 4.65. The number of thioether (sulfide) groups is 1. The van der Waals surface area contributed by atoms with Gasteiger partial charge in [-0.15, -0.1) is 0 Å². The number of nitrogens with one attached hydrogen (secondary N) is 1. The Morgan fingerprint density at radius 2 is 2.11 bits per heavy atom. The molecule has 0 bridgehead atoms. The highest BCUT2D eigenvalue weighted by Crippen LogP contribution is 2.18. The minimum Gasteiger partial charge on any atom is -0.321 e. The van der Waals surface area contributed by atoms with E-state index in [9.17, 15) is 4.79 Å². The lowest BCUT2D eigenvalue weighted by Gasteiger charge is -2.06. The molecule has 0 aliphatic carbocycles. The van der Waals surface area contributed by atoms with Crippen molar-refractivity contribution >= 4 is 39.3 Å². The lowest BCUT2D eigenvalue weighted by Crippen LogP contribution is -2.15. The molecule has 92 valence electrons. The minimum absolute atomic E-state index is 0.286. The average Bonchev–Trinajstić information content (AvgIpc) is 2.40. The van der Waals surface area contributed by atoms with E-state index in [4.69, 9.17) is 0 Å². The van der Waals surface area contributed by atoms with E-state index < -0.39 is 0 Å². The van der Waals surface area contributed by atoms with Crippen LogP contribution in [0.2, 0.25) is 0 Å². The van der Waals surface area contributed by atoms with Gasteiger partial charge in [0.15, 0.2) is 5.16 Å². The summed E-state index contributed by atoms with van der Waals surface area (Å²) in [5, 5.41) is 3.30. The van der Waals surface area contributed by atoms with Crippen LogP contribution in [0.25, 0.3) is 0 Å². The van der Waals surface area contributed by atoms with Crippen molar-refractivity contribution in [2.24, 2.45) is 0 Å². The number of halogens is 1. The van der Waals surface area contributed by atoms with E-state index in [0.717, 1.165) is 0 Å². The first-order valence-corrected chi connectivity index (χ1v) is 7.00. The van der Waals surface area contributed by atoms with E-state index in [2.05, 4.69) is 36.2 Å². The first-order valence-electron chi connectivity index (χ1n) is 4.98. The first-order chi connectivity index (χ1) is 8.70. The third kappa shape index (κ3) is 3.05. The molecule has 1 N–H and O–H groups in total. The first kappa shape index (κ1) is 13.0. The van der Waals surface area contributed by atoms with Gasteiger partial charge in [0, 0.05) is 24.3 Å². The quantitative estimate of drug-likeness (QED) is 0.694. The molecule has 0 saturated heterocycles. The number of nitrogens with zero attached hydrogens (tertiary/aromatic N) is 3. The van der Waals surface area contributed by atoms with Crippen molar-refractivity contribution in [1.82, 2.24) is 15.0 Å². The van der Waals surface area contributed by atoms with Crippen LogP contribution in [0.1, 0.15) is 10.5 Å². The molecule has 0 aliphatic heterocycles. The zero-order valence-electron chi connectivity index (χ0n) is 9.42. The van der Waals surface area contributed by atoms with Crippen molar-refractivity contribution in [3.8, 4) is 0 Å². The molecular formula is C11H9BrN4OS. The lowest BCUT2D eigenvalue weighted by molar-refractivity contribution is 0.102. The Morgan fingerprint density at radius 1 is 1.39 bits per heavy atom. The normalized spacial score (nSPS) is 10.1. The Hall–Kier alpha value is -1.47. The Morgan fingerprint density at radius 3 is 2.78 bits per heavy atom. The molecule has 0 fully saturated rings. The second kappa shape index (κ2) is 5.92. The standard InChI is InChI=1S/C11H9BrN4OS/c1-18-11-14-6-8(12)9(16-11)10(17)15-7-2-4-13-5-3-7/h2-6H,1H3,(H,13,15,17). The summed E-state index contributed by atoms with van der Waals surface area (Å²) in [5.41, 5.74) is 0.984. The molecule has 5 nitrogen and oxygen atoms in total. The van der Waals surface area contributed by atoms with Crippen LogP contribution in [0.3, 0.4) is 0 Å². The number of pyridine rings is 1. The SMILES string of the molecule is CSc1ncc(Br)c(C(=O)Nc2ccncc2)n1. The number of carbonyl (C=O) groups is 1. The molecule has 18 heavy (non-hydrogen) atoms. The van der Waals surface area contributed by atoms with E-state index in [1.54, 1.807) is 30.7 Å². The maximum Gasteiger partial charge on any atom is 0.275 e. The molecule has 0 aliphatic rings. The molecule has 0 saturated carbocycles. The van der Waals surface area contributed by atoms with Gasteiger partial charge in [-0.1, -0.05) is 11.8 Å². The fourth-order valence-corrected chi connectivity index (χ4v) is 1.95. The predicted molar refractivity (Wildman–Crippen MR) is 73.7 cm³/mol. The van der Waals surface area contributed by atoms with E-state index in [1.165, 1.54) is 11.8 Å². The van der Waals surface area contributed by atoms with Crippen molar-refractivity contribution in [3.05, 3.63) is 40.9 Å². The summed E-state index contributed by atoms with van der Waals surface area (Å²) in [5.74, 6) is -0.286. The fraction of sp³-hybridized carbons (Fsp3) is 0.0909. The van der Waals surface area contributed by atoms with Crippen LogP contribution in [0.15, 0.2) is 40.4 Å². The number of aromatic nitrogens is 3. The molecule has 0 spiro atoms. The van der Waals surface area contributed by atoms with Gasteiger partial charge < -0.3 is 5.32 Å². The maximum absolute atomic E-state index is 12.0. The van der Waals surface area contributed by atoms with Crippen LogP contribution in [0.5, 0.6) is 0 Å². The molecule has 2 aromatic heterocycles. The van der Waals surface area contributed by atoms with Gasteiger partial charge in [-0.25, -0.2) is 9.97 Å². The molecular weight excluding hydrogens is 316 g/mol. The lowest BCUT2D eigenvalue weighted by atomic mass is 10.3. The van der Waals surface area contributed by atoms with Crippen molar-refractivity contribution in [1.29, 1.82) is 0 Å². The molecule has 2 rings (SSSR count). The molecule has 0 aromatic carbocycles. The van der Waals surface area contributed by atoms with Gasteiger partial charge in [0.1, 0.15) is 5.69 Å². The molecule has 0 radical (unpaired) electrons. The Kier molecular flexibility index (Phi) is 4.27. The minimum atomic E-state index is -0.286. The van der Waals surface area contributed by atoms with Gasteiger partial charge in [-0.05, 0) is 34.3 Å². The van der Waals surface area contributed by atoms with Crippen molar-refractivity contribution in [2.45, 2.75) is 5.16 Å². The number of amides is 1. The van der Waals surface area contributed by atoms with Crippen LogP contribution in [-0.4, -0.2) is 27.1 Å². The van der Waals surface area contributed by atoms with Gasteiger partial charge in [0.25, 0.3) is 5.91 Å². The Balaban J connectivity index is 2.23. The molecule has 2 heterocycles. The van der Waals surface area contributed by atoms with Crippen molar-refractivity contribution in [3.63, 3.8) is 0 Å². The second-order valence-corrected chi connectivity index (χ2v) is 4.87. The molecule has 0 atom stereocenters. The third-order valence-electron chi connectivity index (χ3n) is 2.06. The Labute approximate surface area is 117 Å². The number of hydrogen-bond donors (Lipinski definition) is 1. The van der Waals surface area contributed by atoms with Crippen LogP contribution < -0.4 is 5.32 Å². The van der Waals surface area contributed by atoms with Crippen LogP contribution in [-0.2, 0) is 0 Å². The van der Waals surface area contributed by atoms with Gasteiger partial charge >= 0.3 is 0 Å². The molecule has 0 unspecified atom stereocenters. The summed E-state index contributed by atoms with van der Waals surface area (Å²) in [6.07, 6.45) is 6.64. The van der Waals surface area contributed by atoms with E-state index >= 15 is 0 Å². The summed E-state index contributed by atoms with van der Waals surface area (Å²) < 4.78 is 0.562. The van der Waals surface area contributed by atoms with Gasteiger partial charge in [-0.2, -0.15) is 0 Å². The highest BCUT2D eigenvalue weighted by molar-refractivity contribution is 9.10. The van der Waals surface area contributed by atoms with E-state index in [1.807, 2.05) is 6.26 Å². The van der Waals surface area contributed by atoms with Gasteiger partial charge in [0.2, 0.25) is 0 Å². The highest BCUT2D eigenvalue weighted by atomic mass is 79.9. The van der Waals surface area contributed by atoms with E-state index in [0.29, 0.717) is 21.0 Å². The smallest absolute Gasteiger partial charge is 0.275 e. The van der Waals surface area contributed by atoms with Crippen molar-refractivity contribution in [2.75, 3.05) is 11.6 Å². The average molecular weight is 325 g/mol. The van der Waals surface area contributed by atoms with E-state index in [-0.39, 0.29) is 5.91 Å². The number of anilines is 1. The summed E-state index contributed by atoms with van der Waals surface area (Å²) in [6, 6.07) is 3.42. The number of carbonyl (C=O) groups excluding carboxylic acids is 1. The zero-order chi connectivity index (χ0) is 13.0. The number of rotatable bonds is 3. The zero-order valence-corrected chi connectivity index (χ0v) is 11.8. The third-order valence-corrected chi connectivity index (χ3v) is 3.20. The highest BCUT2D eigenvalue weighted by Gasteiger charge is 2.13. The van der Waals surface area contributed by atoms with Gasteiger partial charge in [-0.3, -0.25) is 9.78 Å². The molecule has 1 amide bonds. The van der Waals surface area contributed by atoms with Crippen LogP contribution >= 0.6 is 27.7 Å².